The number of esters is 1. The molecule has 0 heterocycles. The summed E-state index contributed by atoms with van der Waals surface area (Å²) in [6.45, 7) is 0. The van der Waals surface area contributed by atoms with Crippen LogP contribution < -0.4 is 0 Å². The SMILES string of the molecule is COC(=O)Cc1cc(C#N)ccc1C(F)(F)F. The molecule has 0 radical (unpaired) electrons. The Bertz CT molecular complexity index is 475. The first-order valence-corrected chi connectivity index (χ1v) is 4.55. The minimum atomic E-state index is -4.56. The fourth-order valence-corrected chi connectivity index (χ4v) is 1.31. The third kappa shape index (κ3) is 3.21. The third-order valence-electron chi connectivity index (χ3n) is 2.10. The predicted molar refractivity (Wildman–Crippen MR) is 51.9 cm³/mol. The van der Waals surface area contributed by atoms with Crippen LogP contribution in [-0.2, 0) is 22.1 Å². The van der Waals surface area contributed by atoms with Crippen LogP contribution >= 0.6 is 0 Å². The number of benzene rings is 1. The van der Waals surface area contributed by atoms with Crippen molar-refractivity contribution in [2.75, 3.05) is 7.11 Å². The summed E-state index contributed by atoms with van der Waals surface area (Å²) in [5.41, 5.74) is -1.12. The molecular weight excluding hydrogens is 235 g/mol. The van der Waals surface area contributed by atoms with Gasteiger partial charge in [-0.3, -0.25) is 4.79 Å². The molecule has 0 atom stereocenters. The van der Waals surface area contributed by atoms with Crippen LogP contribution in [0, 0.1) is 11.3 Å². The van der Waals surface area contributed by atoms with E-state index in [4.69, 9.17) is 5.26 Å². The van der Waals surface area contributed by atoms with Gasteiger partial charge in [0.15, 0.2) is 0 Å². The van der Waals surface area contributed by atoms with Gasteiger partial charge in [-0.1, -0.05) is 0 Å². The third-order valence-corrected chi connectivity index (χ3v) is 2.10. The maximum atomic E-state index is 12.6. The first kappa shape index (κ1) is 13.0. The average Bonchev–Trinajstić information content (AvgIpc) is 2.27. The highest BCUT2D eigenvalue weighted by Gasteiger charge is 2.33. The van der Waals surface area contributed by atoms with Crippen LogP contribution in [0.2, 0.25) is 0 Å². The molecule has 0 aliphatic rings. The molecule has 90 valence electrons. The number of nitriles is 1. The summed E-state index contributed by atoms with van der Waals surface area (Å²) >= 11 is 0. The number of hydrogen-bond acceptors (Lipinski definition) is 3. The molecule has 3 nitrogen and oxygen atoms in total. The van der Waals surface area contributed by atoms with E-state index < -0.39 is 24.1 Å². The van der Waals surface area contributed by atoms with Crippen molar-refractivity contribution in [1.29, 1.82) is 5.26 Å². The summed E-state index contributed by atoms with van der Waals surface area (Å²) in [6.07, 6.45) is -5.07. The second-order valence-corrected chi connectivity index (χ2v) is 3.23. The Kier molecular flexibility index (Phi) is 3.73. The first-order valence-electron chi connectivity index (χ1n) is 4.55. The molecule has 0 aliphatic heterocycles. The Morgan fingerprint density at radius 2 is 2.12 bits per heavy atom. The number of ether oxygens (including phenoxy) is 1. The van der Waals surface area contributed by atoms with E-state index in [9.17, 15) is 18.0 Å². The van der Waals surface area contributed by atoms with Gasteiger partial charge in [0.1, 0.15) is 0 Å². The van der Waals surface area contributed by atoms with Gasteiger partial charge in [0.25, 0.3) is 0 Å². The van der Waals surface area contributed by atoms with E-state index in [0.717, 1.165) is 25.3 Å². The van der Waals surface area contributed by atoms with Crippen molar-refractivity contribution < 1.29 is 22.7 Å². The molecule has 0 spiro atoms. The smallest absolute Gasteiger partial charge is 0.416 e. The summed E-state index contributed by atoms with van der Waals surface area (Å²) < 4.78 is 42.1. The lowest BCUT2D eigenvalue weighted by atomic mass is 10.0. The van der Waals surface area contributed by atoms with Crippen molar-refractivity contribution in [3.8, 4) is 6.07 Å². The highest BCUT2D eigenvalue weighted by Crippen LogP contribution is 2.32. The Morgan fingerprint density at radius 1 is 1.47 bits per heavy atom. The first-order chi connectivity index (χ1) is 7.88. The van der Waals surface area contributed by atoms with Crippen LogP contribution in [0.1, 0.15) is 16.7 Å². The lowest BCUT2D eigenvalue weighted by Crippen LogP contribution is -2.13. The van der Waals surface area contributed by atoms with Gasteiger partial charge in [0.05, 0.1) is 30.7 Å². The summed E-state index contributed by atoms with van der Waals surface area (Å²) in [5.74, 6) is -0.786. The molecule has 0 amide bonds. The second kappa shape index (κ2) is 4.87. The largest absolute Gasteiger partial charge is 0.469 e. The van der Waals surface area contributed by atoms with E-state index in [2.05, 4.69) is 4.74 Å². The number of rotatable bonds is 2. The van der Waals surface area contributed by atoms with E-state index >= 15 is 0 Å². The maximum absolute atomic E-state index is 12.6. The minimum Gasteiger partial charge on any atom is -0.469 e. The minimum absolute atomic E-state index is 0.0666. The number of hydrogen-bond donors (Lipinski definition) is 0. The zero-order chi connectivity index (χ0) is 13.1. The van der Waals surface area contributed by atoms with Gasteiger partial charge < -0.3 is 4.74 Å². The van der Waals surface area contributed by atoms with Crippen LogP contribution in [-0.4, -0.2) is 13.1 Å². The predicted octanol–water partition coefficient (Wildman–Crippen LogP) is 2.29. The van der Waals surface area contributed by atoms with Crippen molar-refractivity contribution in [1.82, 2.24) is 0 Å². The average molecular weight is 243 g/mol. The molecule has 0 N–H and O–H groups in total. The normalized spacial score (nSPS) is 10.8. The monoisotopic (exact) mass is 243 g/mol. The molecule has 0 aliphatic carbocycles. The summed E-state index contributed by atoms with van der Waals surface area (Å²) in [7, 11) is 1.09. The van der Waals surface area contributed by atoms with Gasteiger partial charge in [-0.25, -0.2) is 0 Å². The molecule has 0 unspecified atom stereocenters. The molecule has 0 bridgehead atoms. The number of methoxy groups -OCH3 is 1. The maximum Gasteiger partial charge on any atom is 0.416 e. The van der Waals surface area contributed by atoms with E-state index in [-0.39, 0.29) is 11.1 Å². The molecule has 0 fully saturated rings. The van der Waals surface area contributed by atoms with Crippen LogP contribution in [0.15, 0.2) is 18.2 Å². The molecular formula is C11H8F3NO2. The molecule has 0 saturated carbocycles. The van der Waals surface area contributed by atoms with Crippen molar-refractivity contribution in [2.24, 2.45) is 0 Å². The molecule has 1 aromatic carbocycles. The highest BCUT2D eigenvalue weighted by molar-refractivity contribution is 5.73. The standard InChI is InChI=1S/C11H8F3NO2/c1-17-10(16)5-8-4-7(6-15)2-3-9(8)11(12,13)14/h2-4H,5H2,1H3. The summed E-state index contributed by atoms with van der Waals surface area (Å²) in [4.78, 5) is 11.0. The van der Waals surface area contributed by atoms with Gasteiger partial charge in [-0.15, -0.1) is 0 Å². The fraction of sp³-hybridized carbons (Fsp3) is 0.273. The quantitative estimate of drug-likeness (QED) is 0.749. The fourth-order valence-electron chi connectivity index (χ4n) is 1.31. The van der Waals surface area contributed by atoms with Crippen LogP contribution in [0.3, 0.4) is 0 Å². The molecule has 17 heavy (non-hydrogen) atoms. The van der Waals surface area contributed by atoms with E-state index in [1.54, 1.807) is 6.07 Å². The zero-order valence-corrected chi connectivity index (χ0v) is 8.84. The number of alkyl halides is 3. The summed E-state index contributed by atoms with van der Waals surface area (Å²) in [5, 5.41) is 8.60. The topological polar surface area (TPSA) is 50.1 Å². The van der Waals surface area contributed by atoms with Gasteiger partial charge in [-0.2, -0.15) is 18.4 Å². The molecule has 0 saturated heterocycles. The Morgan fingerprint density at radius 3 is 2.59 bits per heavy atom. The molecule has 1 aromatic rings. The molecule has 1 rings (SSSR count). The van der Waals surface area contributed by atoms with Crippen LogP contribution in [0.5, 0.6) is 0 Å². The van der Waals surface area contributed by atoms with Crippen molar-refractivity contribution >= 4 is 5.97 Å². The van der Waals surface area contributed by atoms with Crippen LogP contribution in [0.4, 0.5) is 13.2 Å². The van der Waals surface area contributed by atoms with Crippen LogP contribution in [0.25, 0.3) is 0 Å². The van der Waals surface area contributed by atoms with E-state index in [1.807, 2.05) is 0 Å². The molecule has 0 aromatic heterocycles. The Hall–Kier alpha value is -2.03. The van der Waals surface area contributed by atoms with Crippen molar-refractivity contribution in [3.05, 3.63) is 34.9 Å². The number of carbonyl (C=O) groups excluding carboxylic acids is 1. The lowest BCUT2D eigenvalue weighted by Gasteiger charge is -2.12. The Balaban J connectivity index is 3.22. The van der Waals surface area contributed by atoms with Gasteiger partial charge in [0.2, 0.25) is 0 Å². The summed E-state index contributed by atoms with van der Waals surface area (Å²) in [6, 6.07) is 4.61. The number of nitrogens with zero attached hydrogens (tertiary/aromatic N) is 1. The van der Waals surface area contributed by atoms with E-state index in [0.29, 0.717) is 0 Å². The van der Waals surface area contributed by atoms with Gasteiger partial charge in [-0.05, 0) is 23.8 Å². The highest BCUT2D eigenvalue weighted by atomic mass is 19.4. The number of halogens is 3. The lowest BCUT2D eigenvalue weighted by molar-refractivity contribution is -0.141. The van der Waals surface area contributed by atoms with Crippen molar-refractivity contribution in [2.45, 2.75) is 12.6 Å². The molecule has 6 heteroatoms. The second-order valence-electron chi connectivity index (χ2n) is 3.23. The van der Waals surface area contributed by atoms with E-state index in [1.165, 1.54) is 0 Å². The van der Waals surface area contributed by atoms with Gasteiger partial charge in [0, 0.05) is 0 Å². The zero-order valence-electron chi connectivity index (χ0n) is 8.84. The Labute approximate surface area is 95.4 Å². The van der Waals surface area contributed by atoms with Gasteiger partial charge >= 0.3 is 12.1 Å². The number of carbonyl (C=O) groups is 1. The van der Waals surface area contributed by atoms with Crippen molar-refractivity contribution in [3.63, 3.8) is 0 Å².